The minimum Gasteiger partial charge on any atom is -0.338 e. The first-order valence-electron chi connectivity index (χ1n) is 11.8. The monoisotopic (exact) mass is 493 g/mol. The van der Waals surface area contributed by atoms with E-state index in [0.717, 1.165) is 57.3 Å². The van der Waals surface area contributed by atoms with Crippen molar-refractivity contribution in [2.24, 2.45) is 0 Å². The van der Waals surface area contributed by atoms with Crippen LogP contribution < -0.4 is 5.32 Å². The van der Waals surface area contributed by atoms with E-state index in [9.17, 15) is 4.79 Å². The second kappa shape index (κ2) is 9.35. The molecule has 8 nitrogen and oxygen atoms in total. The fourth-order valence-electron chi connectivity index (χ4n) is 4.29. The van der Waals surface area contributed by atoms with Gasteiger partial charge >= 0.3 is 0 Å². The molecule has 0 atom stereocenters. The van der Waals surface area contributed by atoms with Gasteiger partial charge in [0.05, 0.1) is 17.6 Å². The van der Waals surface area contributed by atoms with Crippen LogP contribution in [0.2, 0.25) is 0 Å². The van der Waals surface area contributed by atoms with E-state index in [1.165, 1.54) is 4.88 Å². The number of thiophene rings is 1. The van der Waals surface area contributed by atoms with Crippen molar-refractivity contribution in [2.45, 2.75) is 26.2 Å². The number of nitrogens with zero attached hydrogens (tertiary/aromatic N) is 4. The molecule has 36 heavy (non-hydrogen) atoms. The highest BCUT2D eigenvalue weighted by atomic mass is 32.1. The van der Waals surface area contributed by atoms with Gasteiger partial charge in [0.2, 0.25) is 5.91 Å². The number of rotatable bonds is 7. The van der Waals surface area contributed by atoms with Crippen molar-refractivity contribution in [3.63, 3.8) is 0 Å². The van der Waals surface area contributed by atoms with Crippen LogP contribution in [0.3, 0.4) is 0 Å². The van der Waals surface area contributed by atoms with Crippen molar-refractivity contribution >= 4 is 45.0 Å². The van der Waals surface area contributed by atoms with E-state index in [1.807, 2.05) is 24.4 Å². The van der Waals surface area contributed by atoms with Gasteiger partial charge in [0.15, 0.2) is 5.65 Å². The van der Waals surface area contributed by atoms with E-state index in [4.69, 9.17) is 0 Å². The summed E-state index contributed by atoms with van der Waals surface area (Å²) < 4.78 is 0. The Hall–Kier alpha value is -4.37. The second-order valence-electron chi connectivity index (χ2n) is 8.59. The van der Waals surface area contributed by atoms with Gasteiger partial charge in [0, 0.05) is 57.4 Å². The van der Waals surface area contributed by atoms with Gasteiger partial charge in [-0.25, -0.2) is 9.97 Å². The molecule has 9 heteroatoms. The number of carbonyl (C=O) groups excluding carboxylic acids is 1. The van der Waals surface area contributed by atoms with Gasteiger partial charge < -0.3 is 10.3 Å². The summed E-state index contributed by atoms with van der Waals surface area (Å²) in [5.74, 6) is -0.00386. The lowest BCUT2D eigenvalue weighted by Crippen LogP contribution is -2.11. The molecule has 0 bridgehead atoms. The number of unbranched alkanes of at least 4 members (excludes halogenated alkanes) is 1. The number of nitrogens with one attached hydrogen (secondary N) is 3. The molecule has 6 heterocycles. The highest BCUT2D eigenvalue weighted by molar-refractivity contribution is 7.13. The second-order valence-corrected chi connectivity index (χ2v) is 9.54. The van der Waals surface area contributed by atoms with Crippen LogP contribution in [-0.2, 0) is 4.79 Å². The number of anilines is 1. The lowest BCUT2D eigenvalue weighted by Gasteiger charge is -2.07. The van der Waals surface area contributed by atoms with E-state index < -0.39 is 0 Å². The summed E-state index contributed by atoms with van der Waals surface area (Å²) in [6.07, 6.45) is 9.37. The number of hydrogen-bond acceptors (Lipinski definition) is 6. The molecule has 0 radical (unpaired) electrons. The van der Waals surface area contributed by atoms with E-state index in [-0.39, 0.29) is 5.91 Å². The van der Waals surface area contributed by atoms with E-state index in [2.05, 4.69) is 66.0 Å². The summed E-state index contributed by atoms with van der Waals surface area (Å²) >= 11 is 1.70. The molecule has 0 saturated heterocycles. The maximum atomic E-state index is 12.2. The summed E-state index contributed by atoms with van der Waals surface area (Å²) in [7, 11) is 0. The third kappa shape index (κ3) is 4.14. The lowest BCUT2D eigenvalue weighted by atomic mass is 10.1. The van der Waals surface area contributed by atoms with Crippen LogP contribution in [-0.4, -0.2) is 36.0 Å². The molecule has 6 aromatic heterocycles. The molecule has 0 aliphatic heterocycles. The van der Waals surface area contributed by atoms with Crippen LogP contribution in [0.15, 0.2) is 66.6 Å². The Morgan fingerprint density at radius 3 is 2.81 bits per heavy atom. The number of aromatic nitrogens is 6. The number of H-pyrrole nitrogens is 2. The molecule has 0 saturated carbocycles. The highest BCUT2D eigenvalue weighted by Crippen LogP contribution is 2.35. The summed E-state index contributed by atoms with van der Waals surface area (Å²) in [4.78, 5) is 30.2. The predicted molar refractivity (Wildman–Crippen MR) is 144 cm³/mol. The minimum absolute atomic E-state index is 0.00386. The zero-order valence-corrected chi connectivity index (χ0v) is 20.4. The minimum atomic E-state index is -0.00386. The Labute approximate surface area is 210 Å². The normalized spacial score (nSPS) is 11.4. The number of aromatic amines is 2. The molecule has 6 aromatic rings. The largest absolute Gasteiger partial charge is 0.338 e. The number of pyridine rings is 3. The third-order valence-corrected chi connectivity index (χ3v) is 7.01. The van der Waals surface area contributed by atoms with Crippen LogP contribution >= 0.6 is 11.3 Å². The van der Waals surface area contributed by atoms with Crippen LogP contribution in [0.5, 0.6) is 0 Å². The molecule has 0 unspecified atom stereocenters. The molecule has 6 rings (SSSR count). The molecular weight excluding hydrogens is 470 g/mol. The van der Waals surface area contributed by atoms with Crippen molar-refractivity contribution < 1.29 is 4.79 Å². The zero-order valence-electron chi connectivity index (χ0n) is 19.6. The topological polar surface area (TPSA) is 112 Å². The average Bonchev–Trinajstić information content (AvgIpc) is 3.66. The Kier molecular flexibility index (Phi) is 5.74. The molecule has 0 aliphatic rings. The van der Waals surface area contributed by atoms with Crippen molar-refractivity contribution in [1.82, 2.24) is 30.1 Å². The standard InChI is InChI=1S/C27H23N7OS/c1-2-3-6-24(35)31-18-10-16(13-28-15-18)17-11-21-25(33-34-27(21)30-14-17)22-12-20-19(23-5-4-9-36-23)7-8-29-26(20)32-22/h4-5,7-15H,2-3,6H2,1H3,(H,29,32)(H,31,35)(H,30,33,34). The van der Waals surface area contributed by atoms with Gasteiger partial charge in [-0.15, -0.1) is 11.3 Å². The van der Waals surface area contributed by atoms with Crippen LogP contribution in [0, 0.1) is 0 Å². The first-order chi connectivity index (χ1) is 17.7. The zero-order chi connectivity index (χ0) is 24.5. The fourth-order valence-corrected chi connectivity index (χ4v) is 5.06. The van der Waals surface area contributed by atoms with Gasteiger partial charge in [-0.1, -0.05) is 19.4 Å². The molecule has 0 aromatic carbocycles. The van der Waals surface area contributed by atoms with Crippen LogP contribution in [0.1, 0.15) is 26.2 Å². The summed E-state index contributed by atoms with van der Waals surface area (Å²) in [6.45, 7) is 2.07. The van der Waals surface area contributed by atoms with Crippen LogP contribution in [0.4, 0.5) is 5.69 Å². The maximum Gasteiger partial charge on any atom is 0.224 e. The van der Waals surface area contributed by atoms with Crippen molar-refractivity contribution in [1.29, 1.82) is 0 Å². The maximum absolute atomic E-state index is 12.2. The number of amides is 1. The molecule has 0 fully saturated rings. The summed E-state index contributed by atoms with van der Waals surface area (Å²) in [5.41, 5.74) is 6.69. The lowest BCUT2D eigenvalue weighted by molar-refractivity contribution is -0.116. The average molecular weight is 494 g/mol. The molecule has 0 aliphatic carbocycles. The molecule has 178 valence electrons. The summed E-state index contributed by atoms with van der Waals surface area (Å²) in [6, 6.07) is 12.2. The van der Waals surface area contributed by atoms with E-state index in [0.29, 0.717) is 17.8 Å². The Bertz CT molecular complexity index is 1680. The SMILES string of the molecule is CCCCC(=O)Nc1cncc(-c2cnc3[nH]nc(-c4cc5c(-c6cccs6)ccnc5[nH]4)c3c2)c1. The van der Waals surface area contributed by atoms with E-state index in [1.54, 1.807) is 29.9 Å². The molecule has 1 amide bonds. The van der Waals surface area contributed by atoms with Crippen molar-refractivity contribution in [3.05, 3.63) is 66.6 Å². The quantitative estimate of drug-likeness (QED) is 0.237. The highest BCUT2D eigenvalue weighted by Gasteiger charge is 2.16. The number of hydrogen-bond donors (Lipinski definition) is 3. The molecular formula is C27H23N7OS. The summed E-state index contributed by atoms with van der Waals surface area (Å²) in [5, 5.41) is 14.5. The third-order valence-electron chi connectivity index (χ3n) is 6.10. The number of fused-ring (bicyclic) bond motifs is 2. The molecule has 3 N–H and O–H groups in total. The Morgan fingerprint density at radius 1 is 1.03 bits per heavy atom. The van der Waals surface area contributed by atoms with Gasteiger partial charge in [-0.3, -0.25) is 14.9 Å². The predicted octanol–water partition coefficient (Wildman–Crippen LogP) is 6.42. The van der Waals surface area contributed by atoms with E-state index >= 15 is 0 Å². The first-order valence-corrected chi connectivity index (χ1v) is 12.7. The van der Waals surface area contributed by atoms with Gasteiger partial charge in [0.25, 0.3) is 0 Å². The number of carbonyl (C=O) groups is 1. The van der Waals surface area contributed by atoms with Gasteiger partial charge in [-0.05, 0) is 42.1 Å². The van der Waals surface area contributed by atoms with Crippen LogP contribution in [0.25, 0.3) is 55.0 Å². The smallest absolute Gasteiger partial charge is 0.224 e. The van der Waals surface area contributed by atoms with Crippen molar-refractivity contribution in [3.8, 4) is 33.0 Å². The Morgan fingerprint density at radius 2 is 1.94 bits per heavy atom. The van der Waals surface area contributed by atoms with Gasteiger partial charge in [-0.2, -0.15) is 5.10 Å². The fraction of sp³-hybridized carbons (Fsp3) is 0.148. The van der Waals surface area contributed by atoms with Gasteiger partial charge in [0.1, 0.15) is 11.3 Å². The Balaban J connectivity index is 1.37. The first kappa shape index (κ1) is 22.1. The molecule has 0 spiro atoms. The van der Waals surface area contributed by atoms with Crippen molar-refractivity contribution in [2.75, 3.05) is 5.32 Å².